The smallest absolute Gasteiger partial charge is 0.257 e. The largest absolute Gasteiger partial charge is 0.493 e. The van der Waals surface area contributed by atoms with Crippen molar-refractivity contribution in [3.05, 3.63) is 17.7 Å². The molecule has 2 aliphatic rings. The summed E-state index contributed by atoms with van der Waals surface area (Å²) in [4.78, 5) is 29.1. The van der Waals surface area contributed by atoms with E-state index in [-0.39, 0.29) is 30.3 Å². The van der Waals surface area contributed by atoms with Gasteiger partial charge in [0.15, 0.2) is 11.5 Å². The maximum Gasteiger partial charge on any atom is 0.257 e. The lowest BCUT2D eigenvalue weighted by atomic mass is 10.1. The Labute approximate surface area is 176 Å². The molecule has 2 amide bonds. The molecular formula is C19H28ClN3O6. The molecule has 1 N–H and O–H groups in total. The summed E-state index contributed by atoms with van der Waals surface area (Å²) < 4.78 is 21.4. The fraction of sp³-hybridized carbons (Fsp3) is 0.579. The molecule has 0 saturated carbocycles. The summed E-state index contributed by atoms with van der Waals surface area (Å²) in [7, 11) is 4.52. The van der Waals surface area contributed by atoms with Crippen molar-refractivity contribution in [2.75, 3.05) is 67.3 Å². The van der Waals surface area contributed by atoms with Gasteiger partial charge in [-0.15, -0.1) is 12.4 Å². The number of methoxy groups -OCH3 is 3. The highest BCUT2D eigenvalue weighted by Gasteiger charge is 2.31. The van der Waals surface area contributed by atoms with Crippen LogP contribution in [0.3, 0.4) is 0 Å². The number of carbonyl (C=O) groups excluding carboxylic acids is 2. The Hall–Kier alpha value is -2.23. The zero-order valence-electron chi connectivity index (χ0n) is 16.9. The summed E-state index contributed by atoms with van der Waals surface area (Å²) in [5.74, 6) is 1.08. The van der Waals surface area contributed by atoms with Gasteiger partial charge in [-0.05, 0) is 12.1 Å². The van der Waals surface area contributed by atoms with E-state index in [0.717, 1.165) is 0 Å². The predicted octanol–water partition coefficient (Wildman–Crippen LogP) is 0.407. The number of benzene rings is 1. The van der Waals surface area contributed by atoms with Crippen molar-refractivity contribution < 1.29 is 28.5 Å². The van der Waals surface area contributed by atoms with E-state index in [4.69, 9.17) is 18.9 Å². The maximum absolute atomic E-state index is 13.0. The number of nitrogens with zero attached hydrogens (tertiary/aromatic N) is 2. The Morgan fingerprint density at radius 1 is 1.00 bits per heavy atom. The van der Waals surface area contributed by atoms with Crippen molar-refractivity contribution in [1.29, 1.82) is 0 Å². The molecule has 1 aromatic carbocycles. The average Bonchev–Trinajstić information content (AvgIpc) is 2.77. The van der Waals surface area contributed by atoms with E-state index < -0.39 is 0 Å². The van der Waals surface area contributed by atoms with Crippen LogP contribution in [0.15, 0.2) is 12.1 Å². The van der Waals surface area contributed by atoms with Crippen molar-refractivity contribution in [2.24, 2.45) is 0 Å². The lowest BCUT2D eigenvalue weighted by molar-refractivity contribution is -0.137. The van der Waals surface area contributed by atoms with Crippen LogP contribution < -0.4 is 19.5 Å². The number of amides is 2. The average molecular weight is 430 g/mol. The third kappa shape index (κ3) is 4.85. The van der Waals surface area contributed by atoms with Gasteiger partial charge in [-0.25, -0.2) is 0 Å². The molecule has 2 saturated heterocycles. The van der Waals surface area contributed by atoms with E-state index in [1.807, 2.05) is 0 Å². The molecule has 0 aliphatic carbocycles. The summed E-state index contributed by atoms with van der Waals surface area (Å²) in [5, 5.41) is 3.18. The highest BCUT2D eigenvalue weighted by atomic mass is 35.5. The van der Waals surface area contributed by atoms with Crippen LogP contribution in [0.1, 0.15) is 10.4 Å². The molecular weight excluding hydrogens is 402 g/mol. The van der Waals surface area contributed by atoms with Crippen LogP contribution in [-0.4, -0.2) is 94.9 Å². The number of hydrogen-bond acceptors (Lipinski definition) is 7. The fourth-order valence-corrected chi connectivity index (χ4v) is 3.51. The number of hydrogen-bond donors (Lipinski definition) is 1. The molecule has 0 aromatic heterocycles. The molecule has 2 heterocycles. The van der Waals surface area contributed by atoms with Crippen LogP contribution in [-0.2, 0) is 9.53 Å². The first kappa shape index (κ1) is 23.1. The van der Waals surface area contributed by atoms with Gasteiger partial charge in [-0.1, -0.05) is 0 Å². The summed E-state index contributed by atoms with van der Waals surface area (Å²) in [6.07, 6.45) is 0. The van der Waals surface area contributed by atoms with E-state index in [9.17, 15) is 9.59 Å². The van der Waals surface area contributed by atoms with Gasteiger partial charge in [0.2, 0.25) is 11.7 Å². The second-order valence-electron chi connectivity index (χ2n) is 6.58. The predicted molar refractivity (Wildman–Crippen MR) is 108 cm³/mol. The second-order valence-corrected chi connectivity index (χ2v) is 6.58. The Kier molecular flexibility index (Phi) is 8.36. The first-order chi connectivity index (χ1) is 13.6. The van der Waals surface area contributed by atoms with Crippen LogP contribution in [0.2, 0.25) is 0 Å². The summed E-state index contributed by atoms with van der Waals surface area (Å²) >= 11 is 0. The number of halogens is 1. The molecule has 1 unspecified atom stereocenters. The highest BCUT2D eigenvalue weighted by Crippen LogP contribution is 2.40. The quantitative estimate of drug-likeness (QED) is 0.725. The zero-order valence-corrected chi connectivity index (χ0v) is 17.8. The molecule has 0 bridgehead atoms. The summed E-state index contributed by atoms with van der Waals surface area (Å²) in [6, 6.07) is 3.05. The van der Waals surface area contributed by atoms with Crippen LogP contribution >= 0.6 is 12.4 Å². The van der Waals surface area contributed by atoms with E-state index in [2.05, 4.69) is 5.32 Å². The molecule has 1 atom stereocenters. The molecule has 2 fully saturated rings. The molecule has 0 radical (unpaired) electrons. The molecule has 29 heavy (non-hydrogen) atoms. The van der Waals surface area contributed by atoms with Crippen LogP contribution in [0.5, 0.6) is 17.2 Å². The Morgan fingerprint density at radius 2 is 1.66 bits per heavy atom. The van der Waals surface area contributed by atoms with Crippen molar-refractivity contribution in [3.63, 3.8) is 0 Å². The van der Waals surface area contributed by atoms with Gasteiger partial charge in [-0.3, -0.25) is 9.59 Å². The SMILES string of the molecule is COc1ccc(C(=O)N2CCN(C(=O)C3COCCN3)CC2)c(OC)c1OC.Cl. The first-order valence-corrected chi connectivity index (χ1v) is 9.28. The summed E-state index contributed by atoms with van der Waals surface area (Å²) in [5.41, 5.74) is 0.405. The van der Waals surface area contributed by atoms with Gasteiger partial charge in [-0.2, -0.15) is 0 Å². The Balaban J connectivity index is 0.00000300. The minimum absolute atomic E-state index is 0. The van der Waals surface area contributed by atoms with Gasteiger partial charge in [0.05, 0.1) is 40.1 Å². The van der Waals surface area contributed by atoms with Crippen molar-refractivity contribution in [2.45, 2.75) is 6.04 Å². The maximum atomic E-state index is 13.0. The van der Waals surface area contributed by atoms with E-state index in [1.165, 1.54) is 21.3 Å². The van der Waals surface area contributed by atoms with E-state index in [0.29, 0.717) is 68.7 Å². The number of rotatable bonds is 5. The third-order valence-electron chi connectivity index (χ3n) is 5.03. The zero-order chi connectivity index (χ0) is 20.1. The van der Waals surface area contributed by atoms with E-state index >= 15 is 0 Å². The minimum Gasteiger partial charge on any atom is -0.493 e. The molecule has 0 spiro atoms. The Morgan fingerprint density at radius 3 is 2.21 bits per heavy atom. The lowest BCUT2D eigenvalue weighted by Crippen LogP contribution is -2.57. The molecule has 162 valence electrons. The lowest BCUT2D eigenvalue weighted by Gasteiger charge is -2.37. The van der Waals surface area contributed by atoms with Crippen LogP contribution in [0.25, 0.3) is 0 Å². The topological polar surface area (TPSA) is 89.6 Å². The molecule has 9 nitrogen and oxygen atoms in total. The molecule has 1 aromatic rings. The number of morpholine rings is 1. The molecule has 3 rings (SSSR count). The van der Waals surface area contributed by atoms with Crippen LogP contribution in [0, 0.1) is 0 Å². The highest BCUT2D eigenvalue weighted by molar-refractivity contribution is 5.98. The van der Waals surface area contributed by atoms with Gasteiger partial charge in [0.25, 0.3) is 5.91 Å². The van der Waals surface area contributed by atoms with Crippen molar-refractivity contribution in [1.82, 2.24) is 15.1 Å². The van der Waals surface area contributed by atoms with Gasteiger partial charge in [0, 0.05) is 32.7 Å². The molecule has 10 heteroatoms. The van der Waals surface area contributed by atoms with Gasteiger partial charge in [0.1, 0.15) is 6.04 Å². The van der Waals surface area contributed by atoms with Gasteiger partial charge >= 0.3 is 0 Å². The molecule has 2 aliphatic heterocycles. The third-order valence-corrected chi connectivity index (χ3v) is 5.03. The second kappa shape index (κ2) is 10.5. The number of ether oxygens (including phenoxy) is 4. The first-order valence-electron chi connectivity index (χ1n) is 9.28. The van der Waals surface area contributed by atoms with Crippen molar-refractivity contribution in [3.8, 4) is 17.2 Å². The number of piperazine rings is 1. The van der Waals surface area contributed by atoms with Crippen molar-refractivity contribution >= 4 is 24.2 Å². The Bertz CT molecular complexity index is 718. The minimum atomic E-state index is -0.304. The van der Waals surface area contributed by atoms with Crippen LogP contribution in [0.4, 0.5) is 0 Å². The monoisotopic (exact) mass is 429 g/mol. The number of carbonyl (C=O) groups is 2. The fourth-order valence-electron chi connectivity index (χ4n) is 3.51. The van der Waals surface area contributed by atoms with E-state index in [1.54, 1.807) is 21.9 Å². The summed E-state index contributed by atoms with van der Waals surface area (Å²) in [6.45, 7) is 3.57. The standard InChI is InChI=1S/C19H27N3O6.ClH/c1-25-15-5-4-13(16(26-2)17(15)27-3)18(23)21-7-9-22(10-8-21)19(24)14-12-28-11-6-20-14;/h4-5,14,20H,6-12H2,1-3H3;1H. The van der Waals surface area contributed by atoms with Gasteiger partial charge < -0.3 is 34.1 Å². The normalized spacial score (nSPS) is 19.2. The number of nitrogens with one attached hydrogen (secondary N) is 1.